The lowest BCUT2D eigenvalue weighted by molar-refractivity contribution is 0.390. The number of anilines is 1. The number of aryl methyl sites for hydroxylation is 2. The average molecular weight is 305 g/mol. The molecule has 0 aliphatic carbocycles. The molecule has 19 heavy (non-hydrogen) atoms. The van der Waals surface area contributed by atoms with E-state index in [1.54, 1.807) is 0 Å². The molecule has 8 heteroatoms. The number of aromatic nitrogens is 1. The fraction of sp³-hybridized carbons (Fsp3) is 0.182. The van der Waals surface area contributed by atoms with Crippen LogP contribution in [0.3, 0.4) is 0 Å². The summed E-state index contributed by atoms with van der Waals surface area (Å²) in [4.78, 5) is -0.0955. The number of nitrogens with one attached hydrogen (secondary N) is 1. The van der Waals surface area contributed by atoms with E-state index < -0.39 is 15.8 Å². The maximum Gasteiger partial charge on any atom is 0.267 e. The first-order chi connectivity index (χ1) is 8.81. The lowest BCUT2D eigenvalue weighted by Crippen LogP contribution is -2.15. The van der Waals surface area contributed by atoms with E-state index >= 15 is 0 Å². The molecule has 2 rings (SSSR count). The molecular formula is C11H10ClFN2O3S. The number of nitrogens with zero attached hydrogens (tertiary/aromatic N) is 1. The maximum atomic E-state index is 13.6. The van der Waals surface area contributed by atoms with E-state index in [1.807, 2.05) is 0 Å². The van der Waals surface area contributed by atoms with E-state index in [4.69, 9.17) is 16.1 Å². The average Bonchev–Trinajstić information content (AvgIpc) is 2.63. The summed E-state index contributed by atoms with van der Waals surface area (Å²) in [7, 11) is -3.96. The normalized spacial score (nSPS) is 11.6. The lowest BCUT2D eigenvalue weighted by atomic mass is 10.3. The Morgan fingerprint density at radius 2 is 2.05 bits per heavy atom. The van der Waals surface area contributed by atoms with Crippen molar-refractivity contribution in [2.24, 2.45) is 0 Å². The van der Waals surface area contributed by atoms with Crippen LogP contribution in [0.2, 0.25) is 5.02 Å². The van der Waals surface area contributed by atoms with Gasteiger partial charge in [-0.1, -0.05) is 16.8 Å². The van der Waals surface area contributed by atoms with Gasteiger partial charge >= 0.3 is 0 Å². The van der Waals surface area contributed by atoms with Crippen molar-refractivity contribution in [2.75, 3.05) is 4.72 Å². The van der Waals surface area contributed by atoms with Gasteiger partial charge < -0.3 is 4.52 Å². The Kier molecular flexibility index (Phi) is 3.51. The second-order valence-electron chi connectivity index (χ2n) is 3.88. The minimum absolute atomic E-state index is 0.0955. The van der Waals surface area contributed by atoms with Crippen molar-refractivity contribution in [3.63, 3.8) is 0 Å². The summed E-state index contributed by atoms with van der Waals surface area (Å²) in [6.07, 6.45) is 0. The summed E-state index contributed by atoms with van der Waals surface area (Å²) in [5, 5.41) is 3.73. The Morgan fingerprint density at radius 1 is 1.37 bits per heavy atom. The number of rotatable bonds is 3. The molecule has 0 fully saturated rings. The van der Waals surface area contributed by atoms with Crippen molar-refractivity contribution >= 4 is 27.3 Å². The molecule has 0 bridgehead atoms. The van der Waals surface area contributed by atoms with E-state index in [1.165, 1.54) is 26.0 Å². The molecule has 0 unspecified atom stereocenters. The molecule has 1 heterocycles. The summed E-state index contributed by atoms with van der Waals surface area (Å²) in [6, 6.07) is 3.65. The van der Waals surface area contributed by atoms with Crippen LogP contribution in [0.4, 0.5) is 10.1 Å². The van der Waals surface area contributed by atoms with E-state index in [0.717, 1.165) is 6.07 Å². The molecule has 5 nitrogen and oxygen atoms in total. The number of halogens is 2. The molecule has 102 valence electrons. The van der Waals surface area contributed by atoms with Crippen molar-refractivity contribution in [1.29, 1.82) is 0 Å². The van der Waals surface area contributed by atoms with Crippen LogP contribution in [0.25, 0.3) is 0 Å². The van der Waals surface area contributed by atoms with Crippen molar-refractivity contribution in [3.05, 3.63) is 40.5 Å². The van der Waals surface area contributed by atoms with E-state index in [9.17, 15) is 12.8 Å². The van der Waals surface area contributed by atoms with Gasteiger partial charge in [0.25, 0.3) is 10.0 Å². The molecule has 0 spiro atoms. The quantitative estimate of drug-likeness (QED) is 0.946. The van der Waals surface area contributed by atoms with Gasteiger partial charge in [0.2, 0.25) is 0 Å². The van der Waals surface area contributed by atoms with Gasteiger partial charge in [-0.2, -0.15) is 0 Å². The van der Waals surface area contributed by atoms with Crippen molar-refractivity contribution < 1.29 is 17.3 Å². The number of sulfonamides is 1. The second kappa shape index (κ2) is 4.82. The smallest absolute Gasteiger partial charge is 0.267 e. The zero-order valence-electron chi connectivity index (χ0n) is 10.1. The van der Waals surface area contributed by atoms with Gasteiger partial charge in [0, 0.05) is 5.02 Å². The fourth-order valence-corrected chi connectivity index (χ4v) is 3.18. The van der Waals surface area contributed by atoms with Crippen LogP contribution in [0.1, 0.15) is 11.5 Å². The lowest BCUT2D eigenvalue weighted by Gasteiger charge is -2.08. The standard InChI is InChI=1S/C11H10ClFN2O3S/c1-6-11(7(2)18-14-6)19(16,17)15-10-4-3-8(12)5-9(10)13/h3-5,15H,1-2H3. The van der Waals surface area contributed by atoms with Gasteiger partial charge in [-0.15, -0.1) is 0 Å². The van der Waals surface area contributed by atoms with Crippen LogP contribution >= 0.6 is 11.6 Å². The topological polar surface area (TPSA) is 72.2 Å². The summed E-state index contributed by atoms with van der Waals surface area (Å²) in [5.74, 6) is -0.623. The van der Waals surface area contributed by atoms with Gasteiger partial charge in [-0.3, -0.25) is 4.72 Å². The van der Waals surface area contributed by atoms with E-state index in [0.29, 0.717) is 0 Å². The van der Waals surface area contributed by atoms with Gasteiger partial charge in [0.1, 0.15) is 11.5 Å². The fourth-order valence-electron chi connectivity index (χ4n) is 1.63. The van der Waals surface area contributed by atoms with Crippen LogP contribution < -0.4 is 4.72 Å². The molecule has 0 atom stereocenters. The highest BCUT2D eigenvalue weighted by atomic mass is 35.5. The third-order valence-electron chi connectivity index (χ3n) is 2.41. The summed E-state index contributed by atoms with van der Waals surface area (Å²) >= 11 is 5.60. The first-order valence-corrected chi connectivity index (χ1v) is 7.08. The maximum absolute atomic E-state index is 13.6. The number of hydrogen-bond acceptors (Lipinski definition) is 4. The molecule has 2 aromatic rings. The van der Waals surface area contributed by atoms with Crippen molar-refractivity contribution in [3.8, 4) is 0 Å². The molecule has 1 aromatic heterocycles. The van der Waals surface area contributed by atoms with Crippen LogP contribution in [0, 0.1) is 19.7 Å². The third kappa shape index (κ3) is 2.71. The minimum atomic E-state index is -3.96. The predicted octanol–water partition coefficient (Wildman–Crippen LogP) is 2.88. The molecular weight excluding hydrogens is 295 g/mol. The molecule has 0 aliphatic rings. The largest absolute Gasteiger partial charge is 0.360 e. The highest BCUT2D eigenvalue weighted by Crippen LogP contribution is 2.25. The predicted molar refractivity (Wildman–Crippen MR) is 68.2 cm³/mol. The Morgan fingerprint density at radius 3 is 2.58 bits per heavy atom. The number of benzene rings is 1. The zero-order chi connectivity index (χ0) is 14.2. The monoisotopic (exact) mass is 304 g/mol. The summed E-state index contributed by atoms with van der Waals surface area (Å²) in [6.45, 7) is 2.95. The second-order valence-corrected chi connectivity index (χ2v) is 5.94. The van der Waals surface area contributed by atoms with Crippen LogP contribution in [-0.2, 0) is 10.0 Å². The summed E-state index contributed by atoms with van der Waals surface area (Å²) in [5.41, 5.74) is 0.0174. The third-order valence-corrected chi connectivity index (χ3v) is 4.26. The molecule has 1 N–H and O–H groups in total. The Labute approximate surface area is 114 Å². The Hall–Kier alpha value is -1.60. The Balaban J connectivity index is 2.42. The van der Waals surface area contributed by atoms with Gasteiger partial charge in [0.05, 0.1) is 5.69 Å². The molecule has 0 saturated carbocycles. The minimum Gasteiger partial charge on any atom is -0.360 e. The van der Waals surface area contributed by atoms with Crippen LogP contribution in [-0.4, -0.2) is 13.6 Å². The highest BCUT2D eigenvalue weighted by Gasteiger charge is 2.25. The van der Waals surface area contributed by atoms with Gasteiger partial charge in [-0.25, -0.2) is 12.8 Å². The Bertz CT molecular complexity index is 708. The van der Waals surface area contributed by atoms with Crippen molar-refractivity contribution in [1.82, 2.24) is 5.16 Å². The van der Waals surface area contributed by atoms with Crippen LogP contribution in [0.5, 0.6) is 0 Å². The number of hydrogen-bond donors (Lipinski definition) is 1. The van der Waals surface area contributed by atoms with Gasteiger partial charge in [0.15, 0.2) is 10.7 Å². The van der Waals surface area contributed by atoms with Gasteiger partial charge in [-0.05, 0) is 32.0 Å². The van der Waals surface area contributed by atoms with E-state index in [-0.39, 0.29) is 27.1 Å². The molecule has 0 amide bonds. The first kappa shape index (κ1) is 13.8. The highest BCUT2D eigenvalue weighted by molar-refractivity contribution is 7.92. The molecule has 1 aromatic carbocycles. The first-order valence-electron chi connectivity index (χ1n) is 5.22. The molecule has 0 radical (unpaired) electrons. The van der Waals surface area contributed by atoms with E-state index in [2.05, 4.69) is 9.88 Å². The van der Waals surface area contributed by atoms with Crippen LogP contribution in [0.15, 0.2) is 27.6 Å². The summed E-state index contributed by atoms with van der Waals surface area (Å²) < 4.78 is 44.8. The zero-order valence-corrected chi connectivity index (χ0v) is 11.6. The van der Waals surface area contributed by atoms with Crippen molar-refractivity contribution in [2.45, 2.75) is 18.7 Å². The molecule has 0 aliphatic heterocycles. The SMILES string of the molecule is Cc1noc(C)c1S(=O)(=O)Nc1ccc(Cl)cc1F. The molecule has 0 saturated heterocycles.